The molecule has 4 nitrogen and oxygen atoms in total. The number of aromatic nitrogens is 1. The van der Waals surface area contributed by atoms with Crippen LogP contribution in [0.25, 0.3) is 0 Å². The summed E-state index contributed by atoms with van der Waals surface area (Å²) in [7, 11) is 0. The lowest BCUT2D eigenvalue weighted by atomic mass is 10.0. The zero-order valence-electron chi connectivity index (χ0n) is 11.6. The lowest BCUT2D eigenvalue weighted by Crippen LogP contribution is -2.37. The van der Waals surface area contributed by atoms with Gasteiger partial charge in [-0.25, -0.2) is 0 Å². The van der Waals surface area contributed by atoms with Crippen LogP contribution in [0.1, 0.15) is 31.9 Å². The van der Waals surface area contributed by atoms with Crippen LogP contribution in [0.4, 0.5) is 0 Å². The molecule has 2 heterocycles. The molecule has 0 saturated carbocycles. The Bertz CT molecular complexity index is 394. The molecule has 1 aliphatic heterocycles. The van der Waals surface area contributed by atoms with Gasteiger partial charge in [0, 0.05) is 25.7 Å². The van der Waals surface area contributed by atoms with Crippen molar-refractivity contribution in [1.29, 1.82) is 0 Å². The van der Waals surface area contributed by atoms with Gasteiger partial charge in [-0.2, -0.15) is 0 Å². The van der Waals surface area contributed by atoms with Crippen molar-refractivity contribution >= 4 is 5.91 Å². The Balaban J connectivity index is 1.64. The first-order chi connectivity index (χ1) is 9.24. The Morgan fingerprint density at radius 3 is 3.16 bits per heavy atom. The van der Waals surface area contributed by atoms with Crippen LogP contribution in [0.5, 0.6) is 0 Å². The summed E-state index contributed by atoms with van der Waals surface area (Å²) in [4.78, 5) is 18.4. The fourth-order valence-electron chi connectivity index (χ4n) is 2.53. The van der Waals surface area contributed by atoms with Crippen LogP contribution in [0.15, 0.2) is 24.4 Å². The highest BCUT2D eigenvalue weighted by Gasteiger charge is 2.16. The number of likely N-dealkylation sites (tertiary alicyclic amines) is 1. The number of piperidine rings is 1. The first kappa shape index (κ1) is 14.0. The van der Waals surface area contributed by atoms with Crippen LogP contribution in [0.2, 0.25) is 0 Å². The molecule has 19 heavy (non-hydrogen) atoms. The monoisotopic (exact) mass is 261 g/mol. The van der Waals surface area contributed by atoms with Crippen molar-refractivity contribution < 1.29 is 4.79 Å². The standard InChI is InChI=1S/C15H23N3O/c1-13-5-4-9-18(12-13)10-7-15(19)17-11-14-6-2-3-8-16-14/h2-3,6,8,13H,4-5,7,9-12H2,1H3,(H,17,19). The quantitative estimate of drug-likeness (QED) is 0.879. The molecule has 104 valence electrons. The summed E-state index contributed by atoms with van der Waals surface area (Å²) in [5, 5.41) is 2.92. The molecule has 1 aromatic rings. The number of carbonyl (C=O) groups is 1. The van der Waals surface area contributed by atoms with Crippen molar-refractivity contribution in [2.24, 2.45) is 5.92 Å². The van der Waals surface area contributed by atoms with E-state index in [1.165, 1.54) is 12.8 Å². The van der Waals surface area contributed by atoms with Crippen LogP contribution >= 0.6 is 0 Å². The second kappa shape index (κ2) is 7.24. The zero-order valence-corrected chi connectivity index (χ0v) is 11.6. The molecule has 1 saturated heterocycles. The Morgan fingerprint density at radius 2 is 2.42 bits per heavy atom. The van der Waals surface area contributed by atoms with Gasteiger partial charge in [0.15, 0.2) is 0 Å². The van der Waals surface area contributed by atoms with Gasteiger partial charge < -0.3 is 10.2 Å². The van der Waals surface area contributed by atoms with E-state index in [-0.39, 0.29) is 5.91 Å². The van der Waals surface area contributed by atoms with Crippen LogP contribution in [-0.2, 0) is 11.3 Å². The average molecular weight is 261 g/mol. The number of carbonyl (C=O) groups excluding carboxylic acids is 1. The van der Waals surface area contributed by atoms with Gasteiger partial charge in [-0.15, -0.1) is 0 Å². The summed E-state index contributed by atoms with van der Waals surface area (Å²) in [6, 6.07) is 5.74. The third-order valence-corrected chi connectivity index (χ3v) is 3.59. The summed E-state index contributed by atoms with van der Waals surface area (Å²) in [5.74, 6) is 0.884. The largest absolute Gasteiger partial charge is 0.350 e. The molecule has 1 aliphatic rings. The second-order valence-corrected chi connectivity index (χ2v) is 5.40. The van der Waals surface area contributed by atoms with E-state index in [0.29, 0.717) is 13.0 Å². The second-order valence-electron chi connectivity index (χ2n) is 5.40. The Hall–Kier alpha value is -1.42. The molecule has 1 N–H and O–H groups in total. The van der Waals surface area contributed by atoms with Gasteiger partial charge in [0.05, 0.1) is 12.2 Å². The summed E-state index contributed by atoms with van der Waals surface area (Å²) in [6.45, 7) is 5.95. The van der Waals surface area contributed by atoms with Crippen molar-refractivity contribution in [2.45, 2.75) is 32.7 Å². The molecule has 0 radical (unpaired) electrons. The van der Waals surface area contributed by atoms with Gasteiger partial charge in [0.25, 0.3) is 0 Å². The zero-order chi connectivity index (χ0) is 13.5. The van der Waals surface area contributed by atoms with Gasteiger partial charge in [-0.1, -0.05) is 13.0 Å². The molecule has 2 rings (SSSR count). The molecule has 0 spiro atoms. The molecule has 1 fully saturated rings. The number of amides is 1. The van der Waals surface area contributed by atoms with Gasteiger partial charge in [-0.3, -0.25) is 9.78 Å². The first-order valence-corrected chi connectivity index (χ1v) is 7.13. The predicted molar refractivity (Wildman–Crippen MR) is 75.5 cm³/mol. The highest BCUT2D eigenvalue weighted by Crippen LogP contribution is 2.15. The maximum atomic E-state index is 11.8. The van der Waals surface area contributed by atoms with E-state index in [1.807, 2.05) is 18.2 Å². The van der Waals surface area contributed by atoms with E-state index in [9.17, 15) is 4.79 Å². The van der Waals surface area contributed by atoms with E-state index >= 15 is 0 Å². The minimum atomic E-state index is 0.115. The molecular formula is C15H23N3O. The number of pyridine rings is 1. The minimum Gasteiger partial charge on any atom is -0.350 e. The Labute approximate surface area is 115 Å². The minimum absolute atomic E-state index is 0.115. The van der Waals surface area contributed by atoms with Gasteiger partial charge >= 0.3 is 0 Å². The van der Waals surface area contributed by atoms with E-state index in [1.54, 1.807) is 6.20 Å². The molecule has 4 heteroatoms. The molecule has 0 aliphatic carbocycles. The number of hydrogen-bond acceptors (Lipinski definition) is 3. The average Bonchev–Trinajstić information content (AvgIpc) is 2.44. The van der Waals surface area contributed by atoms with Crippen molar-refractivity contribution in [1.82, 2.24) is 15.2 Å². The Morgan fingerprint density at radius 1 is 1.53 bits per heavy atom. The number of nitrogens with one attached hydrogen (secondary N) is 1. The predicted octanol–water partition coefficient (Wildman–Crippen LogP) is 1.82. The molecule has 1 atom stereocenters. The highest BCUT2D eigenvalue weighted by atomic mass is 16.1. The molecule has 0 bridgehead atoms. The van der Waals surface area contributed by atoms with E-state index in [4.69, 9.17) is 0 Å². The number of nitrogens with zero attached hydrogens (tertiary/aromatic N) is 2. The van der Waals surface area contributed by atoms with Gasteiger partial charge in [0.2, 0.25) is 5.91 Å². The lowest BCUT2D eigenvalue weighted by molar-refractivity contribution is -0.121. The van der Waals surface area contributed by atoms with E-state index < -0.39 is 0 Å². The SMILES string of the molecule is CC1CCCN(CCC(=O)NCc2ccccn2)C1. The van der Waals surface area contributed by atoms with Crippen LogP contribution < -0.4 is 5.32 Å². The smallest absolute Gasteiger partial charge is 0.221 e. The third kappa shape index (κ3) is 4.99. The molecule has 1 aromatic heterocycles. The molecule has 1 unspecified atom stereocenters. The Kier molecular flexibility index (Phi) is 5.33. The van der Waals surface area contributed by atoms with Crippen molar-refractivity contribution in [3.63, 3.8) is 0 Å². The maximum Gasteiger partial charge on any atom is 0.221 e. The third-order valence-electron chi connectivity index (χ3n) is 3.59. The molecule has 1 amide bonds. The maximum absolute atomic E-state index is 11.8. The van der Waals surface area contributed by atoms with Crippen LogP contribution in [-0.4, -0.2) is 35.4 Å². The lowest BCUT2D eigenvalue weighted by Gasteiger charge is -2.30. The van der Waals surface area contributed by atoms with Crippen molar-refractivity contribution in [2.75, 3.05) is 19.6 Å². The fourth-order valence-corrected chi connectivity index (χ4v) is 2.53. The number of rotatable bonds is 5. The topological polar surface area (TPSA) is 45.2 Å². The normalized spacial score (nSPS) is 20.2. The van der Waals surface area contributed by atoms with Crippen molar-refractivity contribution in [3.8, 4) is 0 Å². The molecule has 0 aromatic carbocycles. The van der Waals surface area contributed by atoms with E-state index in [0.717, 1.165) is 31.2 Å². The number of hydrogen-bond donors (Lipinski definition) is 1. The summed E-state index contributed by atoms with van der Waals surface area (Å²) in [5.41, 5.74) is 0.905. The van der Waals surface area contributed by atoms with Crippen LogP contribution in [0.3, 0.4) is 0 Å². The first-order valence-electron chi connectivity index (χ1n) is 7.13. The molecular weight excluding hydrogens is 238 g/mol. The van der Waals surface area contributed by atoms with Gasteiger partial charge in [0.1, 0.15) is 0 Å². The fraction of sp³-hybridized carbons (Fsp3) is 0.600. The van der Waals surface area contributed by atoms with E-state index in [2.05, 4.69) is 22.1 Å². The van der Waals surface area contributed by atoms with Crippen LogP contribution in [0, 0.1) is 5.92 Å². The summed E-state index contributed by atoms with van der Waals surface area (Å²) < 4.78 is 0. The van der Waals surface area contributed by atoms with Gasteiger partial charge in [-0.05, 0) is 37.4 Å². The highest BCUT2D eigenvalue weighted by molar-refractivity contribution is 5.75. The summed E-state index contributed by atoms with van der Waals surface area (Å²) in [6.07, 6.45) is 4.91. The summed E-state index contributed by atoms with van der Waals surface area (Å²) >= 11 is 0. The van der Waals surface area contributed by atoms with Crippen molar-refractivity contribution in [3.05, 3.63) is 30.1 Å².